The number of imidazole rings is 1. The molecule has 2 heterocycles. The van der Waals surface area contributed by atoms with Gasteiger partial charge in [0.1, 0.15) is 22.7 Å². The fourth-order valence-corrected chi connectivity index (χ4v) is 1.71. The van der Waals surface area contributed by atoms with E-state index >= 15 is 0 Å². The van der Waals surface area contributed by atoms with Gasteiger partial charge in [0, 0.05) is 0 Å². The summed E-state index contributed by atoms with van der Waals surface area (Å²) in [6, 6.07) is 0. The number of aromatic nitrogens is 4. The molecular weight excluding hydrogens is 200 g/mol. The van der Waals surface area contributed by atoms with Gasteiger partial charge >= 0.3 is 0 Å². The van der Waals surface area contributed by atoms with E-state index in [1.54, 1.807) is 6.33 Å². The highest BCUT2D eigenvalue weighted by atomic mass is 32.2. The molecule has 7 heteroatoms. The third kappa shape index (κ3) is 1.67. The second kappa shape index (κ2) is 3.62. The Morgan fingerprint density at radius 3 is 3.14 bits per heavy atom. The molecule has 0 aliphatic rings. The van der Waals surface area contributed by atoms with Crippen LogP contribution in [-0.4, -0.2) is 31.5 Å². The van der Waals surface area contributed by atoms with Crippen LogP contribution in [0.15, 0.2) is 17.7 Å². The first-order valence-corrected chi connectivity index (χ1v) is 4.85. The third-order valence-electron chi connectivity index (χ3n) is 1.55. The molecule has 0 bridgehead atoms. The fraction of sp³-hybridized carbons (Fsp3) is 0.143. The quantitative estimate of drug-likeness (QED) is 0.293. The first-order valence-electron chi connectivity index (χ1n) is 3.87. The number of fused-ring (bicyclic) bond motifs is 1. The van der Waals surface area contributed by atoms with Crippen molar-refractivity contribution < 1.29 is 0 Å². The fourth-order valence-electron chi connectivity index (χ4n) is 0.998. The lowest BCUT2D eigenvalue weighted by Crippen LogP contribution is -2.12. The van der Waals surface area contributed by atoms with Crippen LogP contribution in [0.3, 0.4) is 0 Å². The first kappa shape index (κ1) is 8.95. The van der Waals surface area contributed by atoms with Gasteiger partial charge in [0.2, 0.25) is 0 Å². The monoisotopic (exact) mass is 208 g/mol. The highest BCUT2D eigenvalue weighted by molar-refractivity contribution is 8.00. The van der Waals surface area contributed by atoms with E-state index in [-0.39, 0.29) is 5.84 Å². The van der Waals surface area contributed by atoms with E-state index in [2.05, 4.69) is 19.9 Å². The number of amidine groups is 1. The molecule has 0 saturated carbocycles. The molecule has 4 N–H and O–H groups in total. The molecule has 0 aliphatic heterocycles. The molecule has 0 aliphatic carbocycles. The Morgan fingerprint density at radius 2 is 2.36 bits per heavy atom. The van der Waals surface area contributed by atoms with Crippen molar-refractivity contribution in [3.63, 3.8) is 0 Å². The van der Waals surface area contributed by atoms with Crippen LogP contribution in [0.5, 0.6) is 0 Å². The molecule has 0 fully saturated rings. The summed E-state index contributed by atoms with van der Waals surface area (Å²) in [5, 5.41) is 7.87. The van der Waals surface area contributed by atoms with Crippen LogP contribution < -0.4 is 5.73 Å². The highest BCUT2D eigenvalue weighted by Crippen LogP contribution is 2.20. The topological polar surface area (TPSA) is 104 Å². The Balaban J connectivity index is 2.32. The molecule has 2 rings (SSSR count). The molecule has 0 saturated heterocycles. The number of rotatable bonds is 3. The number of nitrogens with zero attached hydrogens (tertiary/aromatic N) is 3. The van der Waals surface area contributed by atoms with E-state index in [4.69, 9.17) is 11.1 Å². The molecule has 0 unspecified atom stereocenters. The number of hydrogen-bond acceptors (Lipinski definition) is 5. The van der Waals surface area contributed by atoms with Gasteiger partial charge in [0.05, 0.1) is 12.1 Å². The molecular formula is C7H8N6S. The van der Waals surface area contributed by atoms with Gasteiger partial charge in [-0.05, 0) is 0 Å². The summed E-state index contributed by atoms with van der Waals surface area (Å²) < 4.78 is 0. The van der Waals surface area contributed by atoms with Gasteiger partial charge in [-0.15, -0.1) is 0 Å². The number of aromatic amines is 1. The van der Waals surface area contributed by atoms with Gasteiger partial charge in [-0.2, -0.15) is 0 Å². The Morgan fingerprint density at radius 1 is 1.50 bits per heavy atom. The van der Waals surface area contributed by atoms with Crippen LogP contribution in [0.2, 0.25) is 0 Å². The number of nitrogens with one attached hydrogen (secondary N) is 2. The molecule has 14 heavy (non-hydrogen) atoms. The van der Waals surface area contributed by atoms with Gasteiger partial charge in [0.25, 0.3) is 0 Å². The molecule has 2 aromatic heterocycles. The zero-order valence-corrected chi connectivity index (χ0v) is 8.01. The van der Waals surface area contributed by atoms with Crippen LogP contribution in [0.25, 0.3) is 11.2 Å². The van der Waals surface area contributed by atoms with E-state index in [1.807, 2.05) is 0 Å². The predicted molar refractivity (Wildman–Crippen MR) is 54.3 cm³/mol. The number of hydrogen-bond donors (Lipinski definition) is 3. The minimum Gasteiger partial charge on any atom is -0.387 e. The average molecular weight is 208 g/mol. The predicted octanol–water partition coefficient (Wildman–Crippen LogP) is 0.381. The maximum Gasteiger partial charge on any atom is 0.181 e. The smallest absolute Gasteiger partial charge is 0.181 e. The average Bonchev–Trinajstić information content (AvgIpc) is 2.62. The summed E-state index contributed by atoms with van der Waals surface area (Å²) >= 11 is 1.39. The Kier molecular flexibility index (Phi) is 2.32. The van der Waals surface area contributed by atoms with Crippen molar-refractivity contribution in [2.75, 3.05) is 5.75 Å². The molecule has 0 atom stereocenters. The van der Waals surface area contributed by atoms with Crippen LogP contribution >= 0.6 is 11.8 Å². The maximum atomic E-state index is 7.10. The summed E-state index contributed by atoms with van der Waals surface area (Å²) in [6.45, 7) is 0. The minimum atomic E-state index is 0.126. The summed E-state index contributed by atoms with van der Waals surface area (Å²) in [5.74, 6) is 0.548. The zero-order chi connectivity index (χ0) is 9.97. The molecule has 2 aromatic rings. The maximum absolute atomic E-state index is 7.10. The van der Waals surface area contributed by atoms with Crippen molar-refractivity contribution in [1.82, 2.24) is 19.9 Å². The summed E-state index contributed by atoms with van der Waals surface area (Å²) in [7, 11) is 0. The van der Waals surface area contributed by atoms with Gasteiger partial charge in [-0.1, -0.05) is 11.8 Å². The largest absolute Gasteiger partial charge is 0.387 e. The van der Waals surface area contributed by atoms with Crippen molar-refractivity contribution in [1.29, 1.82) is 5.41 Å². The van der Waals surface area contributed by atoms with Crippen molar-refractivity contribution in [2.45, 2.75) is 5.03 Å². The van der Waals surface area contributed by atoms with Gasteiger partial charge in [-0.3, -0.25) is 5.41 Å². The zero-order valence-electron chi connectivity index (χ0n) is 7.19. The van der Waals surface area contributed by atoms with E-state index in [9.17, 15) is 0 Å². The van der Waals surface area contributed by atoms with Crippen molar-refractivity contribution in [3.8, 4) is 0 Å². The molecule has 0 spiro atoms. The second-order valence-electron chi connectivity index (χ2n) is 2.59. The van der Waals surface area contributed by atoms with Crippen LogP contribution in [-0.2, 0) is 0 Å². The minimum absolute atomic E-state index is 0.126. The second-order valence-corrected chi connectivity index (χ2v) is 3.56. The van der Waals surface area contributed by atoms with E-state index in [0.29, 0.717) is 11.4 Å². The molecule has 72 valence electrons. The third-order valence-corrected chi connectivity index (χ3v) is 2.59. The molecule has 0 radical (unpaired) electrons. The lowest BCUT2D eigenvalue weighted by molar-refractivity contribution is 1.09. The lowest BCUT2D eigenvalue weighted by Gasteiger charge is -1.98. The van der Waals surface area contributed by atoms with E-state index in [0.717, 1.165) is 10.5 Å². The summed E-state index contributed by atoms with van der Waals surface area (Å²) in [6.07, 6.45) is 3.02. The van der Waals surface area contributed by atoms with Gasteiger partial charge < -0.3 is 10.7 Å². The number of nitrogens with two attached hydrogens (primary N) is 1. The lowest BCUT2D eigenvalue weighted by atomic mass is 10.6. The van der Waals surface area contributed by atoms with Crippen LogP contribution in [0.1, 0.15) is 0 Å². The Labute approximate surface area is 83.9 Å². The standard InChI is InChI=1S/C7H8N6S/c8-4(9)1-14-7-5-6(11-2-10-5)12-3-13-7/h2-3H,1H2,(H3,8,9)(H,10,11,12,13). The highest BCUT2D eigenvalue weighted by Gasteiger charge is 2.06. The number of thioether (sulfide) groups is 1. The molecule has 6 nitrogen and oxygen atoms in total. The Hall–Kier alpha value is -1.63. The van der Waals surface area contributed by atoms with Crippen LogP contribution in [0.4, 0.5) is 0 Å². The normalized spacial score (nSPS) is 10.6. The van der Waals surface area contributed by atoms with E-state index in [1.165, 1.54) is 18.1 Å². The van der Waals surface area contributed by atoms with Gasteiger partial charge in [0.15, 0.2) is 5.65 Å². The summed E-state index contributed by atoms with van der Waals surface area (Å²) in [5.41, 5.74) is 6.67. The Bertz CT molecular complexity index is 464. The summed E-state index contributed by atoms with van der Waals surface area (Å²) in [4.78, 5) is 15.0. The molecule has 0 aromatic carbocycles. The van der Waals surface area contributed by atoms with E-state index < -0.39 is 0 Å². The van der Waals surface area contributed by atoms with Crippen LogP contribution in [0, 0.1) is 5.41 Å². The van der Waals surface area contributed by atoms with Gasteiger partial charge in [-0.25, -0.2) is 15.0 Å². The van der Waals surface area contributed by atoms with Crippen molar-refractivity contribution in [3.05, 3.63) is 12.7 Å². The molecule has 0 amide bonds. The van der Waals surface area contributed by atoms with Crippen molar-refractivity contribution >= 4 is 28.8 Å². The first-order chi connectivity index (χ1) is 6.77. The SMILES string of the molecule is N=C(N)CSc1ncnc2nc[nH]c12. The number of H-pyrrole nitrogens is 1. The van der Waals surface area contributed by atoms with Crippen molar-refractivity contribution in [2.24, 2.45) is 5.73 Å².